The number of benzene rings is 1. The maximum Gasteiger partial charge on any atom is 0.416 e. The van der Waals surface area contributed by atoms with Crippen LogP contribution in [-0.4, -0.2) is 27.5 Å². The van der Waals surface area contributed by atoms with Gasteiger partial charge in [0, 0.05) is 18.0 Å². The van der Waals surface area contributed by atoms with Crippen molar-refractivity contribution < 1.29 is 22.5 Å². The van der Waals surface area contributed by atoms with Gasteiger partial charge < -0.3 is 9.42 Å². The number of nitrogens with zero attached hydrogens (tertiary/aromatic N) is 3. The third kappa shape index (κ3) is 3.57. The zero-order valence-corrected chi connectivity index (χ0v) is 14.7. The molecule has 2 aromatic rings. The molecule has 1 amide bonds. The predicted molar refractivity (Wildman–Crippen MR) is 90.4 cm³/mol. The van der Waals surface area contributed by atoms with Gasteiger partial charge in [-0.3, -0.25) is 4.79 Å². The zero-order valence-electron chi connectivity index (χ0n) is 14.7. The minimum atomic E-state index is -4.43. The van der Waals surface area contributed by atoms with Gasteiger partial charge in [0.15, 0.2) is 0 Å². The van der Waals surface area contributed by atoms with E-state index >= 15 is 0 Å². The number of aromatic nitrogens is 2. The van der Waals surface area contributed by atoms with Gasteiger partial charge in [0.25, 0.3) is 0 Å². The summed E-state index contributed by atoms with van der Waals surface area (Å²) in [5, 5.41) is 3.85. The Kier molecular flexibility index (Phi) is 4.65. The van der Waals surface area contributed by atoms with Crippen molar-refractivity contribution in [3.8, 4) is 11.4 Å². The number of carbonyl (C=O) groups is 1. The number of hydrogen-bond donors (Lipinski definition) is 0. The average molecular weight is 379 g/mol. The van der Waals surface area contributed by atoms with E-state index in [2.05, 4.69) is 10.1 Å². The van der Waals surface area contributed by atoms with Crippen molar-refractivity contribution in [2.24, 2.45) is 5.92 Å². The monoisotopic (exact) mass is 379 g/mol. The molecule has 2 heterocycles. The highest BCUT2D eigenvalue weighted by Gasteiger charge is 2.38. The Bertz CT molecular complexity index is 828. The van der Waals surface area contributed by atoms with E-state index < -0.39 is 11.7 Å². The molecule has 2 fully saturated rings. The predicted octanol–water partition coefficient (Wildman–Crippen LogP) is 4.61. The van der Waals surface area contributed by atoms with E-state index in [1.807, 2.05) is 0 Å². The summed E-state index contributed by atoms with van der Waals surface area (Å²) in [6.45, 7) is 0.654. The lowest BCUT2D eigenvalue weighted by atomic mass is 10.1. The first-order valence-corrected chi connectivity index (χ1v) is 9.25. The van der Waals surface area contributed by atoms with E-state index in [0.717, 1.165) is 50.7 Å². The lowest BCUT2D eigenvalue weighted by Gasteiger charge is -2.24. The summed E-state index contributed by atoms with van der Waals surface area (Å²) in [5.74, 6) is 0.604. The molecule has 1 aromatic carbocycles. The van der Waals surface area contributed by atoms with Gasteiger partial charge in [0.2, 0.25) is 17.6 Å². The Balaban J connectivity index is 1.56. The van der Waals surface area contributed by atoms with Crippen LogP contribution in [0.15, 0.2) is 28.8 Å². The molecule has 0 spiro atoms. The minimum Gasteiger partial charge on any atom is -0.337 e. The molecule has 1 aliphatic heterocycles. The summed E-state index contributed by atoms with van der Waals surface area (Å²) < 4.78 is 44.1. The van der Waals surface area contributed by atoms with Crippen molar-refractivity contribution in [2.45, 2.75) is 50.7 Å². The van der Waals surface area contributed by atoms with Crippen LogP contribution < -0.4 is 0 Å². The largest absolute Gasteiger partial charge is 0.416 e. The second-order valence-electron chi connectivity index (χ2n) is 7.21. The van der Waals surface area contributed by atoms with Crippen LogP contribution >= 0.6 is 0 Å². The van der Waals surface area contributed by atoms with E-state index in [4.69, 9.17) is 4.52 Å². The van der Waals surface area contributed by atoms with Crippen molar-refractivity contribution in [1.82, 2.24) is 15.0 Å². The molecule has 1 atom stereocenters. The summed E-state index contributed by atoms with van der Waals surface area (Å²) in [4.78, 5) is 18.9. The fourth-order valence-corrected chi connectivity index (χ4v) is 4.02. The van der Waals surface area contributed by atoms with Gasteiger partial charge in [-0.2, -0.15) is 18.2 Å². The summed E-state index contributed by atoms with van der Waals surface area (Å²) >= 11 is 0. The molecule has 1 unspecified atom stereocenters. The number of rotatable bonds is 3. The molecular formula is C19H20F3N3O2. The average Bonchev–Trinajstić information content (AvgIpc) is 3.41. The number of hydrogen-bond acceptors (Lipinski definition) is 4. The molecule has 144 valence electrons. The first kappa shape index (κ1) is 18.0. The van der Waals surface area contributed by atoms with E-state index in [1.54, 1.807) is 4.90 Å². The first-order chi connectivity index (χ1) is 12.9. The zero-order chi connectivity index (χ0) is 19.0. The van der Waals surface area contributed by atoms with Gasteiger partial charge in [-0.1, -0.05) is 30.1 Å². The third-order valence-electron chi connectivity index (χ3n) is 5.42. The third-order valence-corrected chi connectivity index (χ3v) is 5.42. The molecule has 0 radical (unpaired) electrons. The smallest absolute Gasteiger partial charge is 0.337 e. The number of likely N-dealkylation sites (tertiary alicyclic amines) is 1. The van der Waals surface area contributed by atoms with Gasteiger partial charge in [-0.25, -0.2) is 0 Å². The van der Waals surface area contributed by atoms with Crippen LogP contribution in [0.1, 0.15) is 56.0 Å². The van der Waals surface area contributed by atoms with Crippen molar-refractivity contribution in [2.75, 3.05) is 6.54 Å². The molecule has 1 aromatic heterocycles. The Morgan fingerprint density at radius 3 is 2.67 bits per heavy atom. The standard InChI is InChI=1S/C19H20F3N3O2/c20-19(21,22)14-8-3-7-13(11-14)16-23-17(27-24-16)15-9-4-10-25(15)18(26)12-5-1-2-6-12/h3,7-8,11-12,15H,1-2,4-6,9-10H2. The Morgan fingerprint density at radius 2 is 1.93 bits per heavy atom. The van der Waals surface area contributed by atoms with E-state index in [1.165, 1.54) is 12.1 Å². The molecule has 1 saturated heterocycles. The molecular weight excluding hydrogens is 359 g/mol. The Morgan fingerprint density at radius 1 is 1.15 bits per heavy atom. The quantitative estimate of drug-likeness (QED) is 0.781. The van der Waals surface area contributed by atoms with Crippen LogP contribution in [-0.2, 0) is 11.0 Å². The Hall–Kier alpha value is -2.38. The van der Waals surface area contributed by atoms with E-state index in [0.29, 0.717) is 12.4 Å². The summed E-state index contributed by atoms with van der Waals surface area (Å²) in [7, 11) is 0. The molecule has 0 N–H and O–H groups in total. The second-order valence-corrected chi connectivity index (χ2v) is 7.21. The van der Waals surface area contributed by atoms with Crippen molar-refractivity contribution in [1.29, 1.82) is 0 Å². The molecule has 2 aliphatic rings. The van der Waals surface area contributed by atoms with Crippen molar-refractivity contribution in [3.63, 3.8) is 0 Å². The minimum absolute atomic E-state index is 0.0662. The summed E-state index contributed by atoms with van der Waals surface area (Å²) in [6.07, 6.45) is 1.14. The van der Waals surface area contributed by atoms with Crippen LogP contribution in [0.4, 0.5) is 13.2 Å². The topological polar surface area (TPSA) is 59.2 Å². The lowest BCUT2D eigenvalue weighted by molar-refractivity contribution is -0.138. The highest BCUT2D eigenvalue weighted by Crippen LogP contribution is 2.37. The maximum absolute atomic E-state index is 12.9. The van der Waals surface area contributed by atoms with Gasteiger partial charge in [-0.05, 0) is 37.8 Å². The van der Waals surface area contributed by atoms with E-state index in [9.17, 15) is 18.0 Å². The number of carbonyl (C=O) groups excluding carboxylic acids is 1. The van der Waals surface area contributed by atoms with E-state index in [-0.39, 0.29) is 29.3 Å². The molecule has 5 nitrogen and oxygen atoms in total. The van der Waals surface area contributed by atoms with Crippen LogP contribution in [0.3, 0.4) is 0 Å². The molecule has 0 bridgehead atoms. The number of alkyl halides is 3. The molecule has 4 rings (SSSR count). The first-order valence-electron chi connectivity index (χ1n) is 9.25. The van der Waals surface area contributed by atoms with Crippen LogP contribution in [0.5, 0.6) is 0 Å². The molecule has 1 saturated carbocycles. The highest BCUT2D eigenvalue weighted by molar-refractivity contribution is 5.79. The molecule has 8 heteroatoms. The van der Waals surface area contributed by atoms with Crippen molar-refractivity contribution in [3.05, 3.63) is 35.7 Å². The lowest BCUT2D eigenvalue weighted by Crippen LogP contribution is -2.35. The van der Waals surface area contributed by atoms with Crippen LogP contribution in [0.2, 0.25) is 0 Å². The maximum atomic E-state index is 12.9. The van der Waals surface area contributed by atoms with Gasteiger partial charge in [-0.15, -0.1) is 0 Å². The fourth-order valence-electron chi connectivity index (χ4n) is 4.02. The SMILES string of the molecule is O=C(C1CCCC1)N1CCCC1c1nc(-c2cccc(C(F)(F)F)c2)no1. The fraction of sp³-hybridized carbons (Fsp3) is 0.526. The van der Waals surface area contributed by atoms with Crippen LogP contribution in [0, 0.1) is 5.92 Å². The number of halogens is 3. The Labute approximate surface area is 154 Å². The van der Waals surface area contributed by atoms with Gasteiger partial charge in [0.1, 0.15) is 6.04 Å². The van der Waals surface area contributed by atoms with Gasteiger partial charge in [0.05, 0.1) is 5.56 Å². The summed E-state index contributed by atoms with van der Waals surface area (Å²) in [5.41, 5.74) is -0.517. The second kappa shape index (κ2) is 6.98. The van der Waals surface area contributed by atoms with Crippen molar-refractivity contribution >= 4 is 5.91 Å². The highest BCUT2D eigenvalue weighted by atomic mass is 19.4. The van der Waals surface area contributed by atoms with Crippen LogP contribution in [0.25, 0.3) is 11.4 Å². The van der Waals surface area contributed by atoms with Gasteiger partial charge >= 0.3 is 6.18 Å². The normalized spacial score (nSPS) is 21.1. The molecule has 27 heavy (non-hydrogen) atoms. The molecule has 1 aliphatic carbocycles. The summed E-state index contributed by atoms with van der Waals surface area (Å²) in [6, 6.07) is 4.55. The number of amides is 1.